The summed E-state index contributed by atoms with van der Waals surface area (Å²) < 4.78 is 13.5. The first kappa shape index (κ1) is 13.7. The average Bonchev–Trinajstić information content (AvgIpc) is 2.41. The molecule has 1 N–H and O–H groups in total. The molecule has 0 fully saturated rings. The summed E-state index contributed by atoms with van der Waals surface area (Å²) in [5.74, 6) is -0.580. The van der Waals surface area contributed by atoms with E-state index in [9.17, 15) is 9.18 Å². The van der Waals surface area contributed by atoms with E-state index in [1.165, 1.54) is 18.3 Å². The molecule has 0 unspecified atom stereocenters. The van der Waals surface area contributed by atoms with Crippen LogP contribution in [-0.2, 0) is 0 Å². The van der Waals surface area contributed by atoms with Crippen molar-refractivity contribution in [2.24, 2.45) is 5.10 Å². The molecule has 0 atom stereocenters. The van der Waals surface area contributed by atoms with Crippen molar-refractivity contribution in [3.63, 3.8) is 0 Å². The number of hydrogen-bond acceptors (Lipinski definition) is 2. The Morgan fingerprint density at radius 2 is 1.84 bits per heavy atom. The maximum Gasteiger partial charge on any atom is 0.272 e. The summed E-state index contributed by atoms with van der Waals surface area (Å²) in [6.45, 7) is 0. The average molecular weight is 368 g/mol. The van der Waals surface area contributed by atoms with Gasteiger partial charge in [0.15, 0.2) is 0 Å². The SMILES string of the molecule is O=C(N/N=C\c1ccc(F)cc1)c1ccccc1I. The highest BCUT2D eigenvalue weighted by atomic mass is 127. The van der Waals surface area contributed by atoms with Crippen LogP contribution in [0, 0.1) is 9.39 Å². The maximum atomic E-state index is 12.7. The highest BCUT2D eigenvalue weighted by Crippen LogP contribution is 2.10. The molecule has 2 aromatic rings. The lowest BCUT2D eigenvalue weighted by Gasteiger charge is -2.01. The van der Waals surface area contributed by atoms with Gasteiger partial charge in [-0.2, -0.15) is 5.10 Å². The van der Waals surface area contributed by atoms with Crippen molar-refractivity contribution < 1.29 is 9.18 Å². The highest BCUT2D eigenvalue weighted by molar-refractivity contribution is 14.1. The molecular formula is C14H10FIN2O. The predicted octanol–water partition coefficient (Wildman–Crippen LogP) is 3.19. The number of carbonyl (C=O) groups is 1. The van der Waals surface area contributed by atoms with E-state index in [1.54, 1.807) is 24.3 Å². The Morgan fingerprint density at radius 1 is 1.16 bits per heavy atom. The Hall–Kier alpha value is -1.76. The van der Waals surface area contributed by atoms with Gasteiger partial charge >= 0.3 is 0 Å². The van der Waals surface area contributed by atoms with Gasteiger partial charge in [-0.05, 0) is 52.4 Å². The van der Waals surface area contributed by atoms with Crippen molar-refractivity contribution >= 4 is 34.7 Å². The molecule has 96 valence electrons. The minimum atomic E-state index is -0.306. The number of nitrogens with one attached hydrogen (secondary N) is 1. The third-order valence-corrected chi connectivity index (χ3v) is 3.31. The van der Waals surface area contributed by atoms with Crippen molar-refractivity contribution in [1.29, 1.82) is 0 Å². The monoisotopic (exact) mass is 368 g/mol. The largest absolute Gasteiger partial charge is 0.272 e. The zero-order valence-corrected chi connectivity index (χ0v) is 12.0. The topological polar surface area (TPSA) is 41.5 Å². The van der Waals surface area contributed by atoms with Crippen LogP contribution in [0.4, 0.5) is 4.39 Å². The molecule has 0 bridgehead atoms. The van der Waals surface area contributed by atoms with E-state index in [2.05, 4.69) is 33.1 Å². The normalized spacial score (nSPS) is 10.6. The molecule has 0 saturated carbocycles. The Balaban J connectivity index is 2.01. The summed E-state index contributed by atoms with van der Waals surface area (Å²) >= 11 is 2.09. The van der Waals surface area contributed by atoms with Gasteiger partial charge in [0.2, 0.25) is 0 Å². The fourth-order valence-corrected chi connectivity index (χ4v) is 2.05. The number of amides is 1. The van der Waals surface area contributed by atoms with E-state index >= 15 is 0 Å². The van der Waals surface area contributed by atoms with Crippen molar-refractivity contribution in [2.75, 3.05) is 0 Å². The first-order chi connectivity index (χ1) is 9.16. The van der Waals surface area contributed by atoms with Crippen LogP contribution in [0.1, 0.15) is 15.9 Å². The van der Waals surface area contributed by atoms with Gasteiger partial charge < -0.3 is 0 Å². The molecule has 19 heavy (non-hydrogen) atoms. The van der Waals surface area contributed by atoms with Crippen molar-refractivity contribution in [1.82, 2.24) is 5.43 Å². The van der Waals surface area contributed by atoms with Crippen molar-refractivity contribution in [2.45, 2.75) is 0 Å². The molecule has 0 radical (unpaired) electrons. The van der Waals surface area contributed by atoms with Crippen molar-refractivity contribution in [3.05, 3.63) is 69.0 Å². The van der Waals surface area contributed by atoms with Gasteiger partial charge in [0.05, 0.1) is 11.8 Å². The van der Waals surface area contributed by atoms with Crippen LogP contribution in [-0.4, -0.2) is 12.1 Å². The second kappa shape index (κ2) is 6.42. The molecule has 2 aromatic carbocycles. The lowest BCUT2D eigenvalue weighted by atomic mass is 10.2. The van der Waals surface area contributed by atoms with Crippen molar-refractivity contribution in [3.8, 4) is 0 Å². The Labute approximate surface area is 123 Å². The molecule has 1 amide bonds. The summed E-state index contributed by atoms with van der Waals surface area (Å²) in [6.07, 6.45) is 1.47. The molecule has 0 aliphatic carbocycles. The third kappa shape index (κ3) is 3.85. The molecule has 0 aliphatic heterocycles. The molecule has 3 nitrogen and oxygen atoms in total. The van der Waals surface area contributed by atoms with Crippen LogP contribution < -0.4 is 5.43 Å². The Morgan fingerprint density at radius 3 is 2.53 bits per heavy atom. The van der Waals surface area contributed by atoms with Gasteiger partial charge in [0, 0.05) is 3.57 Å². The third-order valence-electron chi connectivity index (χ3n) is 2.37. The summed E-state index contributed by atoms with van der Waals surface area (Å²) in [5.41, 5.74) is 3.72. The zero-order chi connectivity index (χ0) is 13.7. The smallest absolute Gasteiger partial charge is 0.267 e. The lowest BCUT2D eigenvalue weighted by Crippen LogP contribution is -2.18. The van der Waals surface area contributed by atoms with Gasteiger partial charge in [-0.15, -0.1) is 0 Å². The van der Waals surface area contributed by atoms with Gasteiger partial charge in [-0.25, -0.2) is 9.82 Å². The summed E-state index contributed by atoms with van der Waals surface area (Å²) in [4.78, 5) is 11.8. The fourth-order valence-electron chi connectivity index (χ4n) is 1.42. The van der Waals surface area contributed by atoms with E-state index in [4.69, 9.17) is 0 Å². The van der Waals surface area contributed by atoms with Crippen LogP contribution in [0.25, 0.3) is 0 Å². The molecular weight excluding hydrogens is 358 g/mol. The number of carbonyl (C=O) groups excluding carboxylic acids is 1. The second-order valence-electron chi connectivity index (χ2n) is 3.73. The fraction of sp³-hybridized carbons (Fsp3) is 0. The minimum Gasteiger partial charge on any atom is -0.267 e. The first-order valence-corrected chi connectivity index (χ1v) is 6.58. The van der Waals surface area contributed by atoms with Crippen LogP contribution in [0.15, 0.2) is 53.6 Å². The van der Waals surface area contributed by atoms with E-state index in [-0.39, 0.29) is 11.7 Å². The maximum absolute atomic E-state index is 12.7. The predicted molar refractivity (Wildman–Crippen MR) is 80.6 cm³/mol. The van der Waals surface area contributed by atoms with E-state index in [0.29, 0.717) is 11.1 Å². The van der Waals surface area contributed by atoms with Gasteiger partial charge in [0.1, 0.15) is 5.82 Å². The highest BCUT2D eigenvalue weighted by Gasteiger charge is 2.07. The Kier molecular flexibility index (Phi) is 4.62. The number of nitrogens with zero attached hydrogens (tertiary/aromatic N) is 1. The summed E-state index contributed by atoms with van der Waals surface area (Å²) in [7, 11) is 0. The number of benzene rings is 2. The minimum absolute atomic E-state index is 0.275. The lowest BCUT2D eigenvalue weighted by molar-refractivity contribution is 0.0954. The molecule has 0 spiro atoms. The number of rotatable bonds is 3. The van der Waals surface area contributed by atoms with E-state index in [1.807, 2.05) is 12.1 Å². The zero-order valence-electron chi connectivity index (χ0n) is 9.81. The van der Waals surface area contributed by atoms with Crippen LogP contribution >= 0.6 is 22.6 Å². The summed E-state index contributed by atoms with van der Waals surface area (Å²) in [5, 5.41) is 3.84. The van der Waals surface area contributed by atoms with E-state index in [0.717, 1.165) is 3.57 Å². The van der Waals surface area contributed by atoms with E-state index < -0.39 is 0 Å². The number of halogens is 2. The molecule has 2 rings (SSSR count). The summed E-state index contributed by atoms with van der Waals surface area (Å²) in [6, 6.07) is 13.1. The van der Waals surface area contributed by atoms with Gasteiger partial charge in [0.25, 0.3) is 5.91 Å². The first-order valence-electron chi connectivity index (χ1n) is 5.50. The Bertz CT molecular complexity index is 611. The molecule has 0 aliphatic rings. The van der Waals surface area contributed by atoms with Crippen LogP contribution in [0.3, 0.4) is 0 Å². The van der Waals surface area contributed by atoms with Gasteiger partial charge in [-0.3, -0.25) is 4.79 Å². The molecule has 0 heterocycles. The number of hydrazone groups is 1. The quantitative estimate of drug-likeness (QED) is 0.505. The number of hydrogen-bond donors (Lipinski definition) is 1. The second-order valence-corrected chi connectivity index (χ2v) is 4.89. The standard InChI is InChI=1S/C14H10FIN2O/c15-11-7-5-10(6-8-11)9-17-18-14(19)12-3-1-2-4-13(12)16/h1-9H,(H,18,19)/b17-9-. The van der Waals surface area contributed by atoms with Crippen LogP contribution in [0.5, 0.6) is 0 Å². The van der Waals surface area contributed by atoms with Crippen LogP contribution in [0.2, 0.25) is 0 Å². The van der Waals surface area contributed by atoms with Gasteiger partial charge in [-0.1, -0.05) is 24.3 Å². The molecule has 5 heteroatoms. The molecule has 0 aromatic heterocycles. The molecule has 0 saturated heterocycles.